The summed E-state index contributed by atoms with van der Waals surface area (Å²) in [4.78, 5) is 13.4. The molecule has 0 fully saturated rings. The number of fused-ring (bicyclic) bond motifs is 1. The summed E-state index contributed by atoms with van der Waals surface area (Å²) in [7, 11) is 4.59. The quantitative estimate of drug-likeness (QED) is 0.509. The molecule has 0 amide bonds. The molecule has 4 rings (SSSR count). The monoisotopic (exact) mass is 399 g/mol. The van der Waals surface area contributed by atoms with E-state index < -0.39 is 0 Å². The molecule has 1 aromatic carbocycles. The zero-order valence-corrected chi connectivity index (χ0v) is 16.5. The van der Waals surface area contributed by atoms with Crippen molar-refractivity contribution in [2.75, 3.05) is 21.3 Å². The summed E-state index contributed by atoms with van der Waals surface area (Å²) in [5.41, 5.74) is 0.403. The Bertz CT molecular complexity index is 1250. The van der Waals surface area contributed by atoms with Gasteiger partial charge in [-0.05, 0) is 31.2 Å². The Morgan fingerprint density at radius 1 is 1.07 bits per heavy atom. The molecule has 144 valence electrons. The number of rotatable bonds is 5. The Kier molecular flexibility index (Phi) is 4.52. The summed E-state index contributed by atoms with van der Waals surface area (Å²) in [6.07, 6.45) is 1.70. The fourth-order valence-electron chi connectivity index (χ4n) is 2.92. The van der Waals surface area contributed by atoms with E-state index in [9.17, 15) is 4.79 Å². The summed E-state index contributed by atoms with van der Waals surface area (Å²) < 4.78 is 23.6. The molecular weight excluding hydrogens is 382 g/mol. The number of hydrogen-bond donors (Lipinski definition) is 0. The van der Waals surface area contributed by atoms with Crippen LogP contribution in [0.2, 0.25) is 0 Å². The second-order valence-electron chi connectivity index (χ2n) is 5.92. The molecule has 0 saturated heterocycles. The predicted octanol–water partition coefficient (Wildman–Crippen LogP) is 2.29. The summed E-state index contributed by atoms with van der Waals surface area (Å²) in [6, 6.07) is 7.12. The number of methoxy groups -OCH3 is 3. The zero-order chi connectivity index (χ0) is 19.8. The lowest BCUT2D eigenvalue weighted by atomic mass is 10.1. The molecule has 0 unspecified atom stereocenters. The van der Waals surface area contributed by atoms with Crippen molar-refractivity contribution in [2.45, 2.75) is 6.92 Å². The zero-order valence-electron chi connectivity index (χ0n) is 15.7. The maximum Gasteiger partial charge on any atom is 0.276 e. The molecular formula is C19H17N3O5S. The molecule has 0 aliphatic rings. The van der Waals surface area contributed by atoms with E-state index in [-0.39, 0.29) is 5.56 Å². The minimum atomic E-state index is -0.220. The van der Waals surface area contributed by atoms with Gasteiger partial charge in [-0.2, -0.15) is 0 Å². The molecule has 0 radical (unpaired) electrons. The molecule has 9 heteroatoms. The van der Waals surface area contributed by atoms with Crippen LogP contribution in [0.4, 0.5) is 0 Å². The van der Waals surface area contributed by atoms with Gasteiger partial charge in [-0.1, -0.05) is 11.3 Å². The van der Waals surface area contributed by atoms with E-state index in [4.69, 9.17) is 18.6 Å². The smallest absolute Gasteiger partial charge is 0.276 e. The minimum Gasteiger partial charge on any atom is -0.493 e. The molecule has 0 N–H and O–H groups in total. The maximum atomic E-state index is 13.0. The molecule has 4 aromatic rings. The van der Waals surface area contributed by atoms with Crippen molar-refractivity contribution < 1.29 is 18.6 Å². The number of furan rings is 1. The summed E-state index contributed by atoms with van der Waals surface area (Å²) in [5.74, 6) is 3.18. The SMILES string of the molecule is COc1cc(-c2nnc3s/c(=C/c4ccc(C)o4)c(=O)n23)cc(OC)c1OC. The van der Waals surface area contributed by atoms with Gasteiger partial charge in [0.25, 0.3) is 5.56 Å². The van der Waals surface area contributed by atoms with Gasteiger partial charge in [0, 0.05) is 11.6 Å². The van der Waals surface area contributed by atoms with E-state index in [0.717, 1.165) is 5.76 Å². The second kappa shape index (κ2) is 7.01. The van der Waals surface area contributed by atoms with Crippen molar-refractivity contribution in [3.05, 3.63) is 50.7 Å². The third-order valence-electron chi connectivity index (χ3n) is 4.21. The lowest BCUT2D eigenvalue weighted by Gasteiger charge is -2.13. The van der Waals surface area contributed by atoms with Crippen molar-refractivity contribution in [3.8, 4) is 28.6 Å². The third kappa shape index (κ3) is 2.89. The number of aromatic nitrogens is 3. The fraction of sp³-hybridized carbons (Fsp3) is 0.211. The van der Waals surface area contributed by atoms with Crippen molar-refractivity contribution in [1.82, 2.24) is 14.6 Å². The van der Waals surface area contributed by atoms with Crippen molar-refractivity contribution in [3.63, 3.8) is 0 Å². The Labute approximate surface area is 163 Å². The van der Waals surface area contributed by atoms with Crippen LogP contribution in [0.3, 0.4) is 0 Å². The van der Waals surface area contributed by atoms with E-state index in [0.29, 0.717) is 43.9 Å². The molecule has 0 atom stereocenters. The normalized spacial score (nSPS) is 11.9. The van der Waals surface area contributed by atoms with Crippen LogP contribution >= 0.6 is 11.3 Å². The van der Waals surface area contributed by atoms with Crippen LogP contribution in [-0.4, -0.2) is 35.9 Å². The van der Waals surface area contributed by atoms with Crippen LogP contribution in [-0.2, 0) is 0 Å². The highest BCUT2D eigenvalue weighted by molar-refractivity contribution is 7.15. The number of benzene rings is 1. The molecule has 28 heavy (non-hydrogen) atoms. The van der Waals surface area contributed by atoms with E-state index in [2.05, 4.69) is 10.2 Å². The molecule has 0 aliphatic heterocycles. The number of nitrogens with zero attached hydrogens (tertiary/aromatic N) is 3. The number of ether oxygens (including phenoxy) is 3. The Balaban J connectivity index is 1.91. The van der Waals surface area contributed by atoms with Gasteiger partial charge in [0.2, 0.25) is 10.7 Å². The van der Waals surface area contributed by atoms with E-state index in [1.807, 2.05) is 19.1 Å². The first kappa shape index (κ1) is 18.1. The molecule has 0 bridgehead atoms. The molecule has 3 heterocycles. The van der Waals surface area contributed by atoms with Crippen LogP contribution in [0.25, 0.3) is 22.4 Å². The largest absolute Gasteiger partial charge is 0.493 e. The number of hydrogen-bond acceptors (Lipinski definition) is 8. The molecule has 0 spiro atoms. The minimum absolute atomic E-state index is 0.220. The summed E-state index contributed by atoms with van der Waals surface area (Å²) >= 11 is 1.25. The van der Waals surface area contributed by atoms with Crippen molar-refractivity contribution in [2.24, 2.45) is 0 Å². The topological polar surface area (TPSA) is 88.1 Å². The Morgan fingerprint density at radius 3 is 2.36 bits per heavy atom. The Morgan fingerprint density at radius 2 is 1.79 bits per heavy atom. The number of thiazole rings is 1. The van der Waals surface area contributed by atoms with E-state index >= 15 is 0 Å². The van der Waals surface area contributed by atoms with Gasteiger partial charge in [0.15, 0.2) is 17.3 Å². The Hall–Kier alpha value is -3.33. The second-order valence-corrected chi connectivity index (χ2v) is 6.93. The highest BCUT2D eigenvalue weighted by Crippen LogP contribution is 2.40. The molecule has 8 nitrogen and oxygen atoms in total. The van der Waals surface area contributed by atoms with Crippen LogP contribution in [0.5, 0.6) is 17.2 Å². The average Bonchev–Trinajstić information content (AvgIpc) is 3.38. The van der Waals surface area contributed by atoms with Gasteiger partial charge in [0.1, 0.15) is 16.1 Å². The maximum absolute atomic E-state index is 13.0. The first-order chi connectivity index (χ1) is 13.5. The third-order valence-corrected chi connectivity index (χ3v) is 5.17. The molecule has 0 saturated carbocycles. The average molecular weight is 399 g/mol. The van der Waals surface area contributed by atoms with Gasteiger partial charge < -0.3 is 18.6 Å². The van der Waals surface area contributed by atoms with Crippen molar-refractivity contribution >= 4 is 22.4 Å². The fourth-order valence-corrected chi connectivity index (χ4v) is 3.81. The predicted molar refractivity (Wildman–Crippen MR) is 104 cm³/mol. The highest BCUT2D eigenvalue weighted by Gasteiger charge is 2.19. The van der Waals surface area contributed by atoms with Crippen LogP contribution < -0.4 is 24.3 Å². The summed E-state index contributed by atoms with van der Waals surface area (Å²) in [6.45, 7) is 1.85. The van der Waals surface area contributed by atoms with Crippen LogP contribution in [0, 0.1) is 6.92 Å². The van der Waals surface area contributed by atoms with Gasteiger partial charge in [-0.15, -0.1) is 10.2 Å². The van der Waals surface area contributed by atoms with Crippen LogP contribution in [0.1, 0.15) is 11.5 Å². The molecule has 3 aromatic heterocycles. The van der Waals surface area contributed by atoms with Gasteiger partial charge in [0.05, 0.1) is 21.3 Å². The summed E-state index contributed by atoms with van der Waals surface area (Å²) in [5, 5.41) is 8.32. The standard InChI is InChI=1S/C19H17N3O5S/c1-10-5-6-12(27-10)9-15-18(23)22-17(20-21-19(22)28-15)11-7-13(24-2)16(26-4)14(8-11)25-3/h5-9H,1-4H3/b15-9+. The number of aryl methyl sites for hydroxylation is 1. The van der Waals surface area contributed by atoms with Gasteiger partial charge >= 0.3 is 0 Å². The van der Waals surface area contributed by atoms with Gasteiger partial charge in [-0.25, -0.2) is 4.40 Å². The van der Waals surface area contributed by atoms with Crippen molar-refractivity contribution in [1.29, 1.82) is 0 Å². The highest BCUT2D eigenvalue weighted by atomic mass is 32.1. The van der Waals surface area contributed by atoms with E-state index in [1.165, 1.54) is 37.1 Å². The first-order valence-corrected chi connectivity index (χ1v) is 9.14. The van der Waals surface area contributed by atoms with E-state index in [1.54, 1.807) is 18.2 Å². The molecule has 0 aliphatic carbocycles. The van der Waals surface area contributed by atoms with Crippen LogP contribution in [0.15, 0.2) is 33.5 Å². The first-order valence-electron chi connectivity index (χ1n) is 8.32. The lowest BCUT2D eigenvalue weighted by molar-refractivity contribution is 0.324. The van der Waals surface area contributed by atoms with Gasteiger partial charge in [-0.3, -0.25) is 4.79 Å². The lowest BCUT2D eigenvalue weighted by Crippen LogP contribution is -2.23.